The zero-order valence-electron chi connectivity index (χ0n) is 13.7. The molecule has 1 aromatic heterocycles. The number of rotatable bonds is 4. The Balaban J connectivity index is 1.76. The number of nitrogens with zero attached hydrogens (tertiary/aromatic N) is 1. The van der Waals surface area contributed by atoms with Gasteiger partial charge in [0.15, 0.2) is 11.5 Å². The number of fused-ring (bicyclic) bond motifs is 1. The van der Waals surface area contributed by atoms with Crippen molar-refractivity contribution in [2.75, 3.05) is 12.4 Å². The average Bonchev–Trinajstić information content (AvgIpc) is 3.25. The monoisotopic (exact) mass is 327 g/mol. The molecule has 2 aliphatic rings. The largest absolute Gasteiger partial charge is 0.493 e. The van der Waals surface area contributed by atoms with Gasteiger partial charge in [-0.15, -0.1) is 0 Å². The van der Waals surface area contributed by atoms with E-state index in [1.807, 2.05) is 18.2 Å². The third-order valence-corrected chi connectivity index (χ3v) is 4.89. The lowest BCUT2D eigenvalue weighted by Crippen LogP contribution is -2.24. The van der Waals surface area contributed by atoms with Crippen molar-refractivity contribution in [2.24, 2.45) is 0 Å². The second-order valence-electron chi connectivity index (χ2n) is 6.41. The molecule has 126 valence electrons. The smallest absolute Gasteiger partial charge is 0.226 e. The molecule has 2 aromatic rings. The number of para-hydroxylation sites is 1. The summed E-state index contributed by atoms with van der Waals surface area (Å²) in [6.45, 7) is 0. The molecule has 0 saturated heterocycles. The Hall–Kier alpha value is -2.50. The van der Waals surface area contributed by atoms with Gasteiger partial charge in [-0.25, -0.2) is 0 Å². The van der Waals surface area contributed by atoms with E-state index in [-0.39, 0.29) is 17.9 Å². The number of benzene rings is 1. The van der Waals surface area contributed by atoms with Gasteiger partial charge in [0.2, 0.25) is 5.91 Å². The Bertz CT molecular complexity index is 750. The van der Waals surface area contributed by atoms with Gasteiger partial charge in [0.1, 0.15) is 5.82 Å². The molecule has 1 aliphatic heterocycles. The minimum absolute atomic E-state index is 0.0219. The SMILES string of the molecule is COc1cccc([C@@H]2CC(=O)Nc3[nH]ncc32)c1OC1CCCC1. The first-order valence-electron chi connectivity index (χ1n) is 8.43. The Kier molecular flexibility index (Phi) is 3.88. The first-order chi connectivity index (χ1) is 11.8. The summed E-state index contributed by atoms with van der Waals surface area (Å²) in [6.07, 6.45) is 6.92. The van der Waals surface area contributed by atoms with Crippen LogP contribution in [0, 0.1) is 0 Å². The molecule has 0 radical (unpaired) electrons. The molecule has 0 spiro atoms. The zero-order chi connectivity index (χ0) is 16.5. The van der Waals surface area contributed by atoms with Gasteiger partial charge in [0, 0.05) is 23.5 Å². The van der Waals surface area contributed by atoms with E-state index in [0.29, 0.717) is 12.2 Å². The lowest BCUT2D eigenvalue weighted by atomic mass is 9.86. The Morgan fingerprint density at radius 3 is 2.83 bits per heavy atom. The number of methoxy groups -OCH3 is 1. The molecule has 6 heteroatoms. The fourth-order valence-corrected chi connectivity index (χ4v) is 3.69. The number of carbonyl (C=O) groups is 1. The highest BCUT2D eigenvalue weighted by Gasteiger charge is 2.32. The predicted octanol–water partition coefficient (Wildman–Crippen LogP) is 3.21. The molecule has 1 aliphatic carbocycles. The van der Waals surface area contributed by atoms with Gasteiger partial charge >= 0.3 is 0 Å². The number of amides is 1. The van der Waals surface area contributed by atoms with Crippen LogP contribution >= 0.6 is 0 Å². The molecule has 1 fully saturated rings. The van der Waals surface area contributed by atoms with Crippen LogP contribution in [0.2, 0.25) is 0 Å². The first kappa shape index (κ1) is 15.1. The summed E-state index contributed by atoms with van der Waals surface area (Å²) in [5.74, 6) is 2.05. The van der Waals surface area contributed by atoms with Crippen LogP contribution < -0.4 is 14.8 Å². The molecule has 1 saturated carbocycles. The highest BCUT2D eigenvalue weighted by atomic mass is 16.5. The molecule has 6 nitrogen and oxygen atoms in total. The summed E-state index contributed by atoms with van der Waals surface area (Å²) in [5, 5.41) is 9.76. The highest BCUT2D eigenvalue weighted by molar-refractivity contribution is 5.94. The van der Waals surface area contributed by atoms with E-state index in [2.05, 4.69) is 15.5 Å². The summed E-state index contributed by atoms with van der Waals surface area (Å²) in [4.78, 5) is 12.1. The molecule has 2 heterocycles. The van der Waals surface area contributed by atoms with Gasteiger partial charge in [0.05, 0.1) is 19.4 Å². The maximum absolute atomic E-state index is 12.1. The normalized spacial score (nSPS) is 20.5. The molecular weight excluding hydrogens is 306 g/mol. The molecule has 24 heavy (non-hydrogen) atoms. The number of ether oxygens (including phenoxy) is 2. The molecule has 1 amide bonds. The first-order valence-corrected chi connectivity index (χ1v) is 8.43. The van der Waals surface area contributed by atoms with Crippen molar-refractivity contribution in [1.82, 2.24) is 10.2 Å². The summed E-state index contributed by atoms with van der Waals surface area (Å²) >= 11 is 0. The third kappa shape index (κ3) is 2.62. The number of nitrogens with one attached hydrogen (secondary N) is 2. The lowest BCUT2D eigenvalue weighted by Gasteiger charge is -2.26. The van der Waals surface area contributed by atoms with Gasteiger partial charge in [-0.2, -0.15) is 5.10 Å². The minimum Gasteiger partial charge on any atom is -0.493 e. The minimum atomic E-state index is -0.0843. The number of carbonyl (C=O) groups excluding carboxylic acids is 1. The van der Waals surface area contributed by atoms with Crippen LogP contribution in [0.3, 0.4) is 0 Å². The van der Waals surface area contributed by atoms with Crippen LogP contribution in [0.5, 0.6) is 11.5 Å². The van der Waals surface area contributed by atoms with Gasteiger partial charge < -0.3 is 14.8 Å². The fraction of sp³-hybridized carbons (Fsp3) is 0.444. The third-order valence-electron chi connectivity index (χ3n) is 4.89. The van der Waals surface area contributed by atoms with E-state index < -0.39 is 0 Å². The van der Waals surface area contributed by atoms with E-state index in [1.54, 1.807) is 13.3 Å². The Morgan fingerprint density at radius 1 is 1.21 bits per heavy atom. The van der Waals surface area contributed by atoms with Gasteiger partial charge in [-0.3, -0.25) is 9.89 Å². The molecule has 2 N–H and O–H groups in total. The number of hydrogen-bond acceptors (Lipinski definition) is 4. The topological polar surface area (TPSA) is 76.2 Å². The van der Waals surface area contributed by atoms with Crippen molar-refractivity contribution in [1.29, 1.82) is 0 Å². The van der Waals surface area contributed by atoms with E-state index in [1.165, 1.54) is 12.8 Å². The Morgan fingerprint density at radius 2 is 2.04 bits per heavy atom. The molecule has 0 unspecified atom stereocenters. The van der Waals surface area contributed by atoms with Gasteiger partial charge in [-0.05, 0) is 31.7 Å². The van der Waals surface area contributed by atoms with Crippen LogP contribution in [-0.4, -0.2) is 29.3 Å². The van der Waals surface area contributed by atoms with E-state index in [4.69, 9.17) is 9.47 Å². The molecule has 1 atom stereocenters. The average molecular weight is 327 g/mol. The number of anilines is 1. The maximum Gasteiger partial charge on any atom is 0.226 e. The van der Waals surface area contributed by atoms with Crippen LogP contribution in [0.25, 0.3) is 0 Å². The lowest BCUT2D eigenvalue weighted by molar-refractivity contribution is -0.116. The number of hydrogen-bond donors (Lipinski definition) is 2. The molecule has 4 rings (SSSR count). The molecular formula is C18H21N3O3. The van der Waals surface area contributed by atoms with Gasteiger partial charge in [0.25, 0.3) is 0 Å². The molecule has 0 bridgehead atoms. The summed E-state index contributed by atoms with van der Waals surface area (Å²) < 4.78 is 11.9. The maximum atomic E-state index is 12.1. The van der Waals surface area contributed by atoms with Crippen molar-refractivity contribution in [3.63, 3.8) is 0 Å². The second kappa shape index (κ2) is 6.19. The van der Waals surface area contributed by atoms with E-state index in [0.717, 1.165) is 35.5 Å². The predicted molar refractivity (Wildman–Crippen MR) is 89.6 cm³/mol. The Labute approximate surface area is 140 Å². The summed E-state index contributed by atoms with van der Waals surface area (Å²) in [5.41, 5.74) is 1.97. The standard InChI is InChI=1S/C18H21N3O3/c1-23-15-8-4-7-12(17(15)24-11-5-2-3-6-11)13-9-16(22)20-18-14(13)10-19-21-18/h4,7-8,10-11,13H,2-3,5-6,9H2,1H3,(H2,19,20,21,22)/t13-/m0/s1. The van der Waals surface area contributed by atoms with Gasteiger partial charge in [-0.1, -0.05) is 12.1 Å². The number of H-pyrrole nitrogens is 1. The highest BCUT2D eigenvalue weighted by Crippen LogP contribution is 2.44. The van der Waals surface area contributed by atoms with Crippen molar-refractivity contribution in [3.05, 3.63) is 35.5 Å². The second-order valence-corrected chi connectivity index (χ2v) is 6.41. The quantitative estimate of drug-likeness (QED) is 0.904. The van der Waals surface area contributed by atoms with Crippen LogP contribution in [-0.2, 0) is 4.79 Å². The van der Waals surface area contributed by atoms with Crippen molar-refractivity contribution >= 4 is 11.7 Å². The van der Waals surface area contributed by atoms with Crippen LogP contribution in [0.4, 0.5) is 5.82 Å². The van der Waals surface area contributed by atoms with Crippen LogP contribution in [0.1, 0.15) is 49.1 Å². The number of aromatic nitrogens is 2. The van der Waals surface area contributed by atoms with Crippen molar-refractivity contribution < 1.29 is 14.3 Å². The fourth-order valence-electron chi connectivity index (χ4n) is 3.69. The summed E-state index contributed by atoms with van der Waals surface area (Å²) in [6, 6.07) is 5.88. The molecule has 1 aromatic carbocycles. The number of aromatic amines is 1. The van der Waals surface area contributed by atoms with E-state index >= 15 is 0 Å². The van der Waals surface area contributed by atoms with Crippen LogP contribution in [0.15, 0.2) is 24.4 Å². The van der Waals surface area contributed by atoms with Crippen molar-refractivity contribution in [2.45, 2.75) is 44.1 Å². The zero-order valence-corrected chi connectivity index (χ0v) is 13.7. The summed E-state index contributed by atoms with van der Waals surface area (Å²) in [7, 11) is 1.65. The van der Waals surface area contributed by atoms with E-state index in [9.17, 15) is 4.79 Å². The van der Waals surface area contributed by atoms with Crippen molar-refractivity contribution in [3.8, 4) is 11.5 Å².